The average molecular weight is 615 g/mol. The Morgan fingerprint density at radius 1 is 0.886 bits per heavy atom. The van der Waals surface area contributed by atoms with E-state index in [-0.39, 0.29) is 49.3 Å². The molecule has 3 aromatic carbocycles. The molecule has 178 valence electrons. The minimum atomic E-state index is -0.925. The summed E-state index contributed by atoms with van der Waals surface area (Å²) in [5.41, 5.74) is 0.945. The Hall–Kier alpha value is -2.55. The van der Waals surface area contributed by atoms with Crippen LogP contribution in [-0.4, -0.2) is 17.8 Å². The quantitative estimate of drug-likeness (QED) is 0.242. The number of carbonyl (C=O) groups excluding carboxylic acids is 3. The molecule has 1 saturated heterocycles. The van der Waals surface area contributed by atoms with E-state index in [0.717, 1.165) is 14.9 Å². The summed E-state index contributed by atoms with van der Waals surface area (Å²) in [6.45, 7) is 0.166. The van der Waals surface area contributed by atoms with E-state index in [1.165, 1.54) is 36.4 Å². The van der Waals surface area contributed by atoms with Gasteiger partial charge in [-0.05, 0) is 54.1 Å². The molecule has 11 heteroatoms. The lowest BCUT2D eigenvalue weighted by molar-refractivity contribution is -0.122. The molecule has 0 bridgehead atoms. The van der Waals surface area contributed by atoms with E-state index in [1.807, 2.05) is 24.3 Å². The fourth-order valence-corrected chi connectivity index (χ4v) is 4.37. The molecule has 4 amide bonds. The van der Waals surface area contributed by atoms with Gasteiger partial charge < -0.3 is 4.74 Å². The highest BCUT2D eigenvalue weighted by atomic mass is 79.9. The number of benzene rings is 3. The third-order valence-electron chi connectivity index (χ3n) is 4.90. The van der Waals surface area contributed by atoms with Crippen molar-refractivity contribution < 1.29 is 19.1 Å². The zero-order chi connectivity index (χ0) is 25.3. The Morgan fingerprint density at radius 3 is 2.29 bits per heavy atom. The minimum absolute atomic E-state index is 0.135. The molecule has 0 aromatic heterocycles. The van der Waals surface area contributed by atoms with Crippen LogP contribution in [0.4, 0.5) is 10.5 Å². The van der Waals surface area contributed by atoms with Gasteiger partial charge in [-0.2, -0.15) is 0 Å². The van der Waals surface area contributed by atoms with Crippen LogP contribution in [0.25, 0.3) is 6.08 Å². The van der Waals surface area contributed by atoms with E-state index in [0.29, 0.717) is 0 Å². The van der Waals surface area contributed by atoms with Crippen molar-refractivity contribution in [2.45, 2.75) is 6.61 Å². The third-order valence-corrected chi connectivity index (χ3v) is 6.66. The van der Waals surface area contributed by atoms with Crippen molar-refractivity contribution in [2.75, 3.05) is 4.90 Å². The maximum atomic E-state index is 13.2. The summed E-state index contributed by atoms with van der Waals surface area (Å²) in [6, 6.07) is 13.7. The number of nitrogens with one attached hydrogen (secondary N) is 1. The number of halogens is 5. The van der Waals surface area contributed by atoms with Gasteiger partial charge in [0.2, 0.25) is 0 Å². The van der Waals surface area contributed by atoms with E-state index >= 15 is 0 Å². The second-order valence-electron chi connectivity index (χ2n) is 7.28. The van der Waals surface area contributed by atoms with Gasteiger partial charge in [-0.15, -0.1) is 0 Å². The predicted molar refractivity (Wildman–Crippen MR) is 140 cm³/mol. The number of nitrogens with zero attached hydrogens (tertiary/aromatic N) is 1. The van der Waals surface area contributed by atoms with Gasteiger partial charge in [0.1, 0.15) is 17.9 Å². The SMILES string of the molecule is O=C1NC(=O)N(c2ccc(Cl)c(Cl)c2)C(=O)/C1=C/c1cc(Cl)cc(Cl)c1OCc1ccc(Br)cc1. The lowest BCUT2D eigenvalue weighted by Gasteiger charge is -2.26. The van der Waals surface area contributed by atoms with E-state index in [4.69, 9.17) is 51.1 Å². The average Bonchev–Trinajstić information content (AvgIpc) is 2.79. The summed E-state index contributed by atoms with van der Waals surface area (Å²) in [4.78, 5) is 39.1. The van der Waals surface area contributed by atoms with E-state index in [1.54, 1.807) is 0 Å². The maximum absolute atomic E-state index is 13.2. The monoisotopic (exact) mass is 612 g/mol. The molecule has 1 aliphatic rings. The molecule has 35 heavy (non-hydrogen) atoms. The van der Waals surface area contributed by atoms with E-state index < -0.39 is 17.8 Å². The lowest BCUT2D eigenvalue weighted by atomic mass is 10.1. The molecule has 0 aliphatic carbocycles. The Morgan fingerprint density at radius 2 is 1.60 bits per heavy atom. The maximum Gasteiger partial charge on any atom is 0.335 e. The Bertz CT molecular complexity index is 1390. The molecule has 0 saturated carbocycles. The predicted octanol–water partition coefficient (Wildman–Crippen LogP) is 7.31. The molecule has 3 aromatic rings. The highest BCUT2D eigenvalue weighted by molar-refractivity contribution is 9.10. The number of imide groups is 2. The summed E-state index contributed by atoms with van der Waals surface area (Å²) >= 11 is 27.9. The number of rotatable bonds is 5. The number of anilines is 1. The number of hydrogen-bond donors (Lipinski definition) is 1. The molecule has 6 nitrogen and oxygen atoms in total. The first-order valence-electron chi connectivity index (χ1n) is 9.87. The zero-order valence-electron chi connectivity index (χ0n) is 17.5. The van der Waals surface area contributed by atoms with Gasteiger partial charge in [-0.1, -0.05) is 74.5 Å². The molecule has 0 radical (unpaired) electrons. The van der Waals surface area contributed by atoms with Crippen LogP contribution in [0, 0.1) is 0 Å². The highest BCUT2D eigenvalue weighted by Crippen LogP contribution is 2.36. The van der Waals surface area contributed by atoms with Gasteiger partial charge >= 0.3 is 6.03 Å². The molecule has 4 rings (SSSR count). The molecule has 0 unspecified atom stereocenters. The van der Waals surface area contributed by atoms with Gasteiger partial charge in [0, 0.05) is 15.1 Å². The van der Waals surface area contributed by atoms with Crippen LogP contribution >= 0.6 is 62.3 Å². The Balaban J connectivity index is 1.71. The number of barbiturate groups is 1. The fourth-order valence-electron chi connectivity index (χ4n) is 3.25. The second-order valence-corrected chi connectivity index (χ2v) is 9.85. The van der Waals surface area contributed by atoms with Crippen LogP contribution in [-0.2, 0) is 16.2 Å². The zero-order valence-corrected chi connectivity index (χ0v) is 22.1. The molecule has 1 fully saturated rings. The standard InChI is InChI=1S/C24H13BrCl4N2O4/c25-14-3-1-12(2-4-14)11-35-21-13(7-15(26)9-20(21)29)8-17-22(32)30-24(34)31(23(17)33)16-5-6-18(27)19(28)10-16/h1-10H,11H2,(H,30,32,34)/b17-8+. The van der Waals surface area contributed by atoms with Crippen LogP contribution < -0.4 is 15.0 Å². The summed E-state index contributed by atoms with van der Waals surface area (Å²) in [5.74, 6) is -1.54. The summed E-state index contributed by atoms with van der Waals surface area (Å²) < 4.78 is 6.83. The van der Waals surface area contributed by atoms with Gasteiger partial charge in [0.25, 0.3) is 11.8 Å². The van der Waals surface area contributed by atoms with Crippen molar-refractivity contribution >= 4 is 91.9 Å². The molecule has 0 spiro atoms. The molecular formula is C24H13BrCl4N2O4. The van der Waals surface area contributed by atoms with Crippen LogP contribution in [0.15, 0.2) is 64.6 Å². The van der Waals surface area contributed by atoms with Crippen molar-refractivity contribution in [3.63, 3.8) is 0 Å². The fraction of sp³-hybridized carbons (Fsp3) is 0.0417. The molecular weight excluding hydrogens is 602 g/mol. The number of urea groups is 1. The van der Waals surface area contributed by atoms with Crippen molar-refractivity contribution in [2.24, 2.45) is 0 Å². The molecule has 1 N–H and O–H groups in total. The third kappa shape index (κ3) is 5.66. The highest BCUT2D eigenvalue weighted by Gasteiger charge is 2.37. The second kappa shape index (κ2) is 10.6. The first-order valence-corrected chi connectivity index (χ1v) is 12.2. The summed E-state index contributed by atoms with van der Waals surface area (Å²) in [5, 5.41) is 2.97. The van der Waals surface area contributed by atoms with Gasteiger partial charge in [0.15, 0.2) is 0 Å². The Labute approximate surface area is 228 Å². The van der Waals surface area contributed by atoms with E-state index in [2.05, 4.69) is 21.2 Å². The van der Waals surface area contributed by atoms with Crippen molar-refractivity contribution in [3.8, 4) is 5.75 Å². The van der Waals surface area contributed by atoms with Crippen LogP contribution in [0.1, 0.15) is 11.1 Å². The molecule has 1 heterocycles. The van der Waals surface area contributed by atoms with Gasteiger partial charge in [-0.25, -0.2) is 9.69 Å². The smallest absolute Gasteiger partial charge is 0.335 e. The normalized spacial score (nSPS) is 14.9. The number of hydrogen-bond acceptors (Lipinski definition) is 4. The largest absolute Gasteiger partial charge is 0.487 e. The number of ether oxygens (including phenoxy) is 1. The van der Waals surface area contributed by atoms with Crippen LogP contribution in [0.5, 0.6) is 5.75 Å². The number of carbonyl (C=O) groups is 3. The van der Waals surface area contributed by atoms with Crippen molar-refractivity contribution in [3.05, 3.63) is 95.9 Å². The first-order chi connectivity index (χ1) is 16.6. The summed E-state index contributed by atoms with van der Waals surface area (Å²) in [7, 11) is 0. The summed E-state index contributed by atoms with van der Waals surface area (Å²) in [6.07, 6.45) is 1.27. The van der Waals surface area contributed by atoms with Crippen molar-refractivity contribution in [1.82, 2.24) is 5.32 Å². The topological polar surface area (TPSA) is 75.7 Å². The number of amides is 4. The minimum Gasteiger partial charge on any atom is -0.487 e. The van der Waals surface area contributed by atoms with Crippen LogP contribution in [0.3, 0.4) is 0 Å². The van der Waals surface area contributed by atoms with E-state index in [9.17, 15) is 14.4 Å². The van der Waals surface area contributed by atoms with Crippen molar-refractivity contribution in [1.29, 1.82) is 0 Å². The van der Waals surface area contributed by atoms with Crippen LogP contribution in [0.2, 0.25) is 20.1 Å². The first kappa shape index (κ1) is 25.5. The van der Waals surface area contributed by atoms with Gasteiger partial charge in [-0.3, -0.25) is 14.9 Å². The Kier molecular flexibility index (Phi) is 7.73. The lowest BCUT2D eigenvalue weighted by Crippen LogP contribution is -2.54. The van der Waals surface area contributed by atoms with Gasteiger partial charge in [0.05, 0.1) is 20.8 Å². The molecule has 1 aliphatic heterocycles. The molecule has 0 atom stereocenters.